The smallest absolute Gasteiger partial charge is 0.257 e. The highest BCUT2D eigenvalue weighted by Gasteiger charge is 2.27. The number of ether oxygens (including phenoxy) is 2. The van der Waals surface area contributed by atoms with Crippen LogP contribution in [0, 0.1) is 0 Å². The van der Waals surface area contributed by atoms with Gasteiger partial charge >= 0.3 is 0 Å². The summed E-state index contributed by atoms with van der Waals surface area (Å²) < 4.78 is 10.6. The van der Waals surface area contributed by atoms with Crippen LogP contribution >= 0.6 is 0 Å². The lowest BCUT2D eigenvalue weighted by molar-refractivity contribution is -0.119. The Balaban J connectivity index is 1.37. The molecule has 8 heteroatoms. The summed E-state index contributed by atoms with van der Waals surface area (Å²) in [6, 6.07) is 12.4. The number of carbonyl (C=O) groups is 3. The lowest BCUT2D eigenvalue weighted by atomic mass is 10.1. The third-order valence-corrected chi connectivity index (χ3v) is 6.24. The number of hydrogen-bond acceptors (Lipinski definition) is 5. The fraction of sp³-hybridized carbons (Fsp3) is 0.400. The molecule has 2 aliphatic rings. The van der Waals surface area contributed by atoms with Crippen LogP contribution in [0.2, 0.25) is 0 Å². The minimum absolute atomic E-state index is 0.0688. The van der Waals surface area contributed by atoms with Gasteiger partial charge in [-0.05, 0) is 49.2 Å². The Morgan fingerprint density at radius 2 is 1.45 bits per heavy atom. The second kappa shape index (κ2) is 9.94. The third kappa shape index (κ3) is 4.79. The summed E-state index contributed by atoms with van der Waals surface area (Å²) in [6.07, 6.45) is 2.51. The van der Waals surface area contributed by atoms with Crippen LogP contribution in [0.3, 0.4) is 0 Å². The molecule has 4 rings (SSSR count). The largest absolute Gasteiger partial charge is 0.497 e. The maximum atomic E-state index is 13.0. The number of amides is 3. The van der Waals surface area contributed by atoms with Crippen molar-refractivity contribution >= 4 is 23.4 Å². The van der Waals surface area contributed by atoms with Crippen molar-refractivity contribution in [3.63, 3.8) is 0 Å². The van der Waals surface area contributed by atoms with E-state index in [1.165, 1.54) is 7.11 Å². The molecular formula is C25H29N3O5. The van der Waals surface area contributed by atoms with Gasteiger partial charge in [-0.1, -0.05) is 0 Å². The van der Waals surface area contributed by atoms with E-state index in [-0.39, 0.29) is 17.7 Å². The number of hydrogen-bond donors (Lipinski definition) is 0. The molecule has 2 aromatic carbocycles. The fourth-order valence-corrected chi connectivity index (χ4v) is 4.30. The molecule has 0 spiro atoms. The Kier molecular flexibility index (Phi) is 6.82. The first kappa shape index (κ1) is 22.6. The van der Waals surface area contributed by atoms with Crippen LogP contribution in [0.5, 0.6) is 11.5 Å². The van der Waals surface area contributed by atoms with Gasteiger partial charge in [0.1, 0.15) is 11.5 Å². The highest BCUT2D eigenvalue weighted by atomic mass is 16.5. The summed E-state index contributed by atoms with van der Waals surface area (Å²) in [5, 5.41) is 0. The summed E-state index contributed by atoms with van der Waals surface area (Å²) in [4.78, 5) is 43.4. The maximum absolute atomic E-state index is 13.0. The van der Waals surface area contributed by atoms with E-state index in [0.29, 0.717) is 55.2 Å². The first-order chi connectivity index (χ1) is 16.0. The van der Waals surface area contributed by atoms with Crippen LogP contribution in [-0.2, 0) is 4.79 Å². The average Bonchev–Trinajstić information content (AvgIpc) is 2.88. The van der Waals surface area contributed by atoms with Gasteiger partial charge in [-0.3, -0.25) is 14.4 Å². The number of anilines is 1. The molecule has 33 heavy (non-hydrogen) atoms. The molecule has 0 aliphatic carbocycles. The Hall–Kier alpha value is -3.55. The Morgan fingerprint density at radius 3 is 2.06 bits per heavy atom. The van der Waals surface area contributed by atoms with Gasteiger partial charge < -0.3 is 24.2 Å². The summed E-state index contributed by atoms with van der Waals surface area (Å²) in [6.45, 7) is 2.52. The topological polar surface area (TPSA) is 79.4 Å². The third-order valence-electron chi connectivity index (χ3n) is 6.24. The SMILES string of the molecule is COc1ccc(C(=O)N2CCN(C(=O)c3ccc(N4CCCCC4=O)cc3)CC2)c(OC)c1. The van der Waals surface area contributed by atoms with Crippen molar-refractivity contribution < 1.29 is 23.9 Å². The zero-order chi connectivity index (χ0) is 23.4. The highest BCUT2D eigenvalue weighted by Crippen LogP contribution is 2.26. The van der Waals surface area contributed by atoms with E-state index in [2.05, 4.69) is 0 Å². The molecule has 2 heterocycles. The van der Waals surface area contributed by atoms with Crippen molar-refractivity contribution in [1.29, 1.82) is 0 Å². The van der Waals surface area contributed by atoms with E-state index in [1.807, 2.05) is 12.1 Å². The molecule has 0 bridgehead atoms. The van der Waals surface area contributed by atoms with E-state index < -0.39 is 0 Å². The Morgan fingerprint density at radius 1 is 0.788 bits per heavy atom. The predicted molar refractivity (Wildman–Crippen MR) is 124 cm³/mol. The van der Waals surface area contributed by atoms with Crippen LogP contribution in [0.1, 0.15) is 40.0 Å². The Labute approximate surface area is 193 Å². The van der Waals surface area contributed by atoms with E-state index in [4.69, 9.17) is 9.47 Å². The van der Waals surface area contributed by atoms with Crippen LogP contribution in [0.25, 0.3) is 0 Å². The molecule has 2 aliphatic heterocycles. The molecule has 2 fully saturated rings. The van der Waals surface area contributed by atoms with Gasteiger partial charge in [-0.15, -0.1) is 0 Å². The van der Waals surface area contributed by atoms with Crippen molar-refractivity contribution in [3.8, 4) is 11.5 Å². The normalized spacial score (nSPS) is 16.5. The van der Waals surface area contributed by atoms with Crippen LogP contribution in [0.15, 0.2) is 42.5 Å². The van der Waals surface area contributed by atoms with Crippen LogP contribution < -0.4 is 14.4 Å². The number of carbonyl (C=O) groups excluding carboxylic acids is 3. The van der Waals surface area contributed by atoms with E-state index in [9.17, 15) is 14.4 Å². The average molecular weight is 452 g/mol. The second-order valence-electron chi connectivity index (χ2n) is 8.20. The van der Waals surface area contributed by atoms with Crippen molar-refractivity contribution in [2.24, 2.45) is 0 Å². The van der Waals surface area contributed by atoms with Gasteiger partial charge in [0.2, 0.25) is 5.91 Å². The van der Waals surface area contributed by atoms with Gasteiger partial charge in [0.15, 0.2) is 0 Å². The molecule has 0 radical (unpaired) electrons. The van der Waals surface area contributed by atoms with Crippen LogP contribution in [-0.4, -0.2) is 74.5 Å². The molecular weight excluding hydrogens is 422 g/mol. The second-order valence-corrected chi connectivity index (χ2v) is 8.20. The fourth-order valence-electron chi connectivity index (χ4n) is 4.30. The number of piperazine rings is 1. The molecule has 174 valence electrons. The molecule has 2 aromatic rings. The molecule has 0 N–H and O–H groups in total. The monoisotopic (exact) mass is 451 g/mol. The number of piperidine rings is 1. The highest BCUT2D eigenvalue weighted by molar-refractivity contribution is 5.98. The number of benzene rings is 2. The zero-order valence-corrected chi connectivity index (χ0v) is 19.1. The Bertz CT molecular complexity index is 1030. The molecule has 0 atom stereocenters. The zero-order valence-electron chi connectivity index (χ0n) is 19.1. The minimum atomic E-state index is -0.128. The van der Waals surface area contributed by atoms with Crippen molar-refractivity contribution in [2.45, 2.75) is 19.3 Å². The lowest BCUT2D eigenvalue weighted by Crippen LogP contribution is -2.50. The van der Waals surface area contributed by atoms with E-state index >= 15 is 0 Å². The van der Waals surface area contributed by atoms with Gasteiger partial charge in [-0.25, -0.2) is 0 Å². The van der Waals surface area contributed by atoms with Crippen molar-refractivity contribution in [2.75, 3.05) is 51.8 Å². The van der Waals surface area contributed by atoms with Gasteiger partial charge in [0, 0.05) is 56.5 Å². The number of methoxy groups -OCH3 is 2. The summed E-state index contributed by atoms with van der Waals surface area (Å²) in [5.74, 6) is 1.02. The molecule has 0 aromatic heterocycles. The van der Waals surface area contributed by atoms with Crippen molar-refractivity contribution in [3.05, 3.63) is 53.6 Å². The first-order valence-corrected chi connectivity index (χ1v) is 11.2. The van der Waals surface area contributed by atoms with E-state index in [0.717, 1.165) is 25.1 Å². The van der Waals surface area contributed by atoms with Gasteiger partial charge in [-0.2, -0.15) is 0 Å². The molecule has 3 amide bonds. The summed E-state index contributed by atoms with van der Waals surface area (Å²) >= 11 is 0. The summed E-state index contributed by atoms with van der Waals surface area (Å²) in [7, 11) is 3.09. The first-order valence-electron chi connectivity index (χ1n) is 11.2. The maximum Gasteiger partial charge on any atom is 0.257 e. The quantitative estimate of drug-likeness (QED) is 0.699. The minimum Gasteiger partial charge on any atom is -0.497 e. The lowest BCUT2D eigenvalue weighted by Gasteiger charge is -2.35. The standard InChI is InChI=1S/C25H29N3O5/c1-32-20-10-11-21(22(17-20)33-2)25(31)27-15-13-26(14-16-27)24(30)18-6-8-19(9-7-18)28-12-4-3-5-23(28)29/h6-11,17H,3-5,12-16H2,1-2H3. The molecule has 2 saturated heterocycles. The van der Waals surface area contributed by atoms with Crippen LogP contribution in [0.4, 0.5) is 5.69 Å². The number of rotatable bonds is 5. The summed E-state index contributed by atoms with van der Waals surface area (Å²) in [5.41, 5.74) is 1.89. The molecule has 0 unspecified atom stereocenters. The van der Waals surface area contributed by atoms with E-state index in [1.54, 1.807) is 52.1 Å². The molecule has 8 nitrogen and oxygen atoms in total. The number of nitrogens with zero attached hydrogens (tertiary/aromatic N) is 3. The predicted octanol–water partition coefficient (Wildman–Crippen LogP) is 2.82. The van der Waals surface area contributed by atoms with Gasteiger partial charge in [0.25, 0.3) is 11.8 Å². The van der Waals surface area contributed by atoms with Crippen molar-refractivity contribution in [1.82, 2.24) is 9.80 Å². The molecule has 0 saturated carbocycles. The van der Waals surface area contributed by atoms with Gasteiger partial charge in [0.05, 0.1) is 19.8 Å².